The highest BCUT2D eigenvalue weighted by Gasteiger charge is 2.31. The third-order valence-electron chi connectivity index (χ3n) is 2.90. The Hall–Kier alpha value is -2.05. The molecule has 7 heteroatoms. The third kappa shape index (κ3) is 5.09. The highest BCUT2D eigenvalue weighted by molar-refractivity contribution is 5.96. The number of carbonyl (C=O) groups excluding carboxylic acids is 1. The second-order valence-electron chi connectivity index (χ2n) is 4.59. The number of carbonyl (C=O) groups is 2. The summed E-state index contributed by atoms with van der Waals surface area (Å²) in [6.07, 6.45) is -2.97. The Labute approximate surface area is 120 Å². The lowest BCUT2D eigenvalue weighted by Gasteiger charge is -2.15. The minimum absolute atomic E-state index is 0.215. The number of rotatable bonds is 6. The first-order valence-electron chi connectivity index (χ1n) is 6.46. The number of benzene rings is 1. The van der Waals surface area contributed by atoms with Crippen LogP contribution in [-0.4, -0.2) is 23.0 Å². The summed E-state index contributed by atoms with van der Waals surface area (Å²) in [7, 11) is 0. The predicted molar refractivity (Wildman–Crippen MR) is 69.9 cm³/mol. The van der Waals surface area contributed by atoms with Crippen molar-refractivity contribution < 1.29 is 27.9 Å². The molecule has 1 aromatic rings. The van der Waals surface area contributed by atoms with Crippen LogP contribution in [0.4, 0.5) is 13.2 Å². The van der Waals surface area contributed by atoms with Crippen molar-refractivity contribution in [2.75, 3.05) is 0 Å². The number of alkyl halides is 3. The largest absolute Gasteiger partial charge is 0.480 e. The van der Waals surface area contributed by atoms with Crippen LogP contribution < -0.4 is 5.32 Å². The molecule has 1 aromatic carbocycles. The number of unbranched alkanes of at least 4 members (excludes halogenated alkanes) is 1. The summed E-state index contributed by atoms with van der Waals surface area (Å²) in [6, 6.07) is 2.77. The number of carboxylic acid groups (broad SMARTS) is 1. The lowest BCUT2D eigenvalue weighted by atomic mass is 10.1. The third-order valence-corrected chi connectivity index (χ3v) is 2.90. The van der Waals surface area contributed by atoms with Crippen molar-refractivity contribution in [3.05, 3.63) is 35.4 Å². The zero-order valence-corrected chi connectivity index (χ0v) is 11.4. The molecular weight excluding hydrogens is 287 g/mol. The van der Waals surface area contributed by atoms with E-state index in [4.69, 9.17) is 5.11 Å². The standard InChI is InChI=1S/C14H16F3NO3/c1-2-3-7-11(13(20)21)18-12(19)9-5-4-6-10(8-9)14(15,16)17/h4-6,8,11H,2-3,7H2,1H3,(H,18,19)(H,20,21)/t11-/m1/s1. The molecule has 116 valence electrons. The Kier molecular flexibility index (Phi) is 5.75. The molecule has 1 rings (SSSR count). The van der Waals surface area contributed by atoms with Crippen LogP contribution in [0.15, 0.2) is 24.3 Å². The smallest absolute Gasteiger partial charge is 0.416 e. The molecule has 0 aliphatic carbocycles. The number of aliphatic carboxylic acids is 1. The van der Waals surface area contributed by atoms with Gasteiger partial charge in [-0.1, -0.05) is 25.8 Å². The van der Waals surface area contributed by atoms with E-state index in [1.807, 2.05) is 6.92 Å². The van der Waals surface area contributed by atoms with Gasteiger partial charge in [0.25, 0.3) is 5.91 Å². The molecule has 0 fully saturated rings. The Morgan fingerprint density at radius 1 is 1.33 bits per heavy atom. The molecule has 0 saturated carbocycles. The van der Waals surface area contributed by atoms with Gasteiger partial charge in [-0.3, -0.25) is 4.79 Å². The molecule has 0 unspecified atom stereocenters. The SMILES string of the molecule is CCCC[C@@H](NC(=O)c1cccc(C(F)(F)F)c1)C(=O)O. The zero-order chi connectivity index (χ0) is 16.0. The fraction of sp³-hybridized carbons (Fsp3) is 0.429. The van der Waals surface area contributed by atoms with Crippen molar-refractivity contribution in [3.63, 3.8) is 0 Å². The lowest BCUT2D eigenvalue weighted by Crippen LogP contribution is -2.40. The van der Waals surface area contributed by atoms with Crippen molar-refractivity contribution in [1.29, 1.82) is 0 Å². The van der Waals surface area contributed by atoms with E-state index in [0.29, 0.717) is 12.5 Å². The van der Waals surface area contributed by atoms with Crippen LogP contribution in [0.1, 0.15) is 42.1 Å². The number of hydrogen-bond acceptors (Lipinski definition) is 2. The first kappa shape index (κ1) is 17.0. The Balaban J connectivity index is 2.85. The van der Waals surface area contributed by atoms with E-state index < -0.39 is 29.7 Å². The number of halogens is 3. The molecule has 1 atom stereocenters. The van der Waals surface area contributed by atoms with Gasteiger partial charge in [0, 0.05) is 5.56 Å². The van der Waals surface area contributed by atoms with E-state index in [1.54, 1.807) is 0 Å². The molecule has 0 radical (unpaired) electrons. The molecule has 4 nitrogen and oxygen atoms in total. The Bertz CT molecular complexity index is 514. The summed E-state index contributed by atoms with van der Waals surface area (Å²) in [5.74, 6) is -2.03. The maximum atomic E-state index is 12.6. The number of carboxylic acids is 1. The maximum absolute atomic E-state index is 12.6. The summed E-state index contributed by atoms with van der Waals surface area (Å²) in [5.41, 5.74) is -1.16. The van der Waals surface area contributed by atoms with Crippen LogP contribution in [0.5, 0.6) is 0 Å². The van der Waals surface area contributed by atoms with E-state index >= 15 is 0 Å². The van der Waals surface area contributed by atoms with E-state index in [1.165, 1.54) is 6.07 Å². The van der Waals surface area contributed by atoms with Gasteiger partial charge in [-0.05, 0) is 24.6 Å². The van der Waals surface area contributed by atoms with Crippen molar-refractivity contribution >= 4 is 11.9 Å². The van der Waals surface area contributed by atoms with Crippen LogP contribution in [-0.2, 0) is 11.0 Å². The fourth-order valence-corrected chi connectivity index (χ4v) is 1.74. The molecule has 21 heavy (non-hydrogen) atoms. The van der Waals surface area contributed by atoms with Crippen molar-refractivity contribution in [2.24, 2.45) is 0 Å². The number of hydrogen-bond donors (Lipinski definition) is 2. The van der Waals surface area contributed by atoms with Crippen molar-refractivity contribution in [2.45, 2.75) is 38.4 Å². The Morgan fingerprint density at radius 2 is 2.00 bits per heavy atom. The summed E-state index contributed by atoms with van der Waals surface area (Å²) in [4.78, 5) is 22.9. The van der Waals surface area contributed by atoms with Gasteiger partial charge in [0.05, 0.1) is 5.56 Å². The number of nitrogens with one attached hydrogen (secondary N) is 1. The maximum Gasteiger partial charge on any atom is 0.416 e. The molecule has 2 N–H and O–H groups in total. The monoisotopic (exact) mass is 303 g/mol. The van der Waals surface area contributed by atoms with Gasteiger partial charge in [0.2, 0.25) is 0 Å². The van der Waals surface area contributed by atoms with E-state index in [9.17, 15) is 22.8 Å². The summed E-state index contributed by atoms with van der Waals surface area (Å²) in [6.45, 7) is 1.87. The highest BCUT2D eigenvalue weighted by atomic mass is 19.4. The first-order chi connectivity index (χ1) is 9.75. The summed E-state index contributed by atoms with van der Waals surface area (Å²) >= 11 is 0. The van der Waals surface area contributed by atoms with Crippen LogP contribution in [0.2, 0.25) is 0 Å². The summed E-state index contributed by atoms with van der Waals surface area (Å²) in [5, 5.41) is 11.2. The second kappa shape index (κ2) is 7.10. The molecule has 0 aliphatic heterocycles. The van der Waals surface area contributed by atoms with E-state index in [-0.39, 0.29) is 12.0 Å². The minimum atomic E-state index is -4.55. The van der Waals surface area contributed by atoms with Crippen molar-refractivity contribution in [3.8, 4) is 0 Å². The van der Waals surface area contributed by atoms with Crippen LogP contribution in [0.3, 0.4) is 0 Å². The molecule has 0 aliphatic rings. The Morgan fingerprint density at radius 3 is 2.52 bits per heavy atom. The lowest BCUT2D eigenvalue weighted by molar-refractivity contribution is -0.139. The van der Waals surface area contributed by atoms with E-state index in [0.717, 1.165) is 18.6 Å². The molecule has 0 spiro atoms. The van der Waals surface area contributed by atoms with Gasteiger partial charge >= 0.3 is 12.1 Å². The number of amides is 1. The molecule has 0 heterocycles. The average Bonchev–Trinajstić information content (AvgIpc) is 2.42. The first-order valence-corrected chi connectivity index (χ1v) is 6.46. The average molecular weight is 303 g/mol. The predicted octanol–water partition coefficient (Wildman–Crippen LogP) is 3.08. The highest BCUT2D eigenvalue weighted by Crippen LogP contribution is 2.29. The quantitative estimate of drug-likeness (QED) is 0.848. The van der Waals surface area contributed by atoms with Gasteiger partial charge in [-0.25, -0.2) is 4.79 Å². The second-order valence-corrected chi connectivity index (χ2v) is 4.59. The van der Waals surface area contributed by atoms with Gasteiger partial charge < -0.3 is 10.4 Å². The fourth-order valence-electron chi connectivity index (χ4n) is 1.74. The zero-order valence-electron chi connectivity index (χ0n) is 11.4. The van der Waals surface area contributed by atoms with Crippen LogP contribution >= 0.6 is 0 Å². The van der Waals surface area contributed by atoms with Gasteiger partial charge in [-0.2, -0.15) is 13.2 Å². The van der Waals surface area contributed by atoms with E-state index in [2.05, 4.69) is 5.32 Å². The molecule has 1 amide bonds. The van der Waals surface area contributed by atoms with Crippen molar-refractivity contribution in [1.82, 2.24) is 5.32 Å². The molecular formula is C14H16F3NO3. The molecule has 0 aromatic heterocycles. The minimum Gasteiger partial charge on any atom is -0.480 e. The topological polar surface area (TPSA) is 66.4 Å². The van der Waals surface area contributed by atoms with Crippen LogP contribution in [0.25, 0.3) is 0 Å². The molecule has 0 saturated heterocycles. The normalized spacial score (nSPS) is 12.8. The molecule has 0 bridgehead atoms. The van der Waals surface area contributed by atoms with Gasteiger partial charge in [-0.15, -0.1) is 0 Å². The van der Waals surface area contributed by atoms with Gasteiger partial charge in [0.15, 0.2) is 0 Å². The van der Waals surface area contributed by atoms with Crippen LogP contribution in [0, 0.1) is 0 Å². The van der Waals surface area contributed by atoms with Gasteiger partial charge in [0.1, 0.15) is 6.04 Å². The summed E-state index contributed by atoms with van der Waals surface area (Å²) < 4.78 is 37.7.